The Kier molecular flexibility index (Phi) is 3.07. The van der Waals surface area contributed by atoms with Crippen LogP contribution in [0.3, 0.4) is 0 Å². The van der Waals surface area contributed by atoms with E-state index >= 15 is 0 Å². The summed E-state index contributed by atoms with van der Waals surface area (Å²) in [7, 11) is 2.23. The molecule has 0 aliphatic carbocycles. The van der Waals surface area contributed by atoms with Gasteiger partial charge in [0.05, 0.1) is 5.69 Å². The molecule has 2 unspecified atom stereocenters. The van der Waals surface area contributed by atoms with Gasteiger partial charge in [0, 0.05) is 30.4 Å². The number of ketones is 1. The minimum atomic E-state index is 0.171. The Balaban J connectivity index is 1.65. The van der Waals surface area contributed by atoms with Crippen LogP contribution < -0.4 is 0 Å². The van der Waals surface area contributed by atoms with Crippen LogP contribution >= 0.6 is 0 Å². The molecule has 2 aromatic rings. The number of piperidine rings is 2. The topological polar surface area (TPSA) is 37.6 Å². The molecule has 4 rings (SSSR count). The van der Waals surface area contributed by atoms with Crippen molar-refractivity contribution in [2.24, 2.45) is 5.92 Å². The first-order valence-electron chi connectivity index (χ1n) is 7.92. The summed E-state index contributed by atoms with van der Waals surface area (Å²) in [4.78, 5) is 19.8. The highest BCUT2D eigenvalue weighted by molar-refractivity contribution is 5.97. The molecule has 110 valence electrons. The molecule has 0 amide bonds. The number of Topliss-reactive ketones (excluding diaryl/α,β-unsaturated/α-hetero) is 1. The van der Waals surface area contributed by atoms with Gasteiger partial charge in [-0.25, -0.2) is 4.98 Å². The maximum Gasteiger partial charge on any atom is 0.182 e. The van der Waals surface area contributed by atoms with Gasteiger partial charge in [-0.05, 0) is 44.9 Å². The Morgan fingerprint density at radius 3 is 2.76 bits per heavy atom. The van der Waals surface area contributed by atoms with E-state index in [1.165, 1.54) is 19.3 Å². The Bertz CT molecular complexity index is 663. The molecule has 4 heterocycles. The number of aromatic nitrogens is 2. The van der Waals surface area contributed by atoms with Crippen LogP contribution in [-0.4, -0.2) is 39.2 Å². The molecule has 2 saturated heterocycles. The van der Waals surface area contributed by atoms with Gasteiger partial charge >= 0.3 is 0 Å². The summed E-state index contributed by atoms with van der Waals surface area (Å²) in [6.07, 6.45) is 9.47. The van der Waals surface area contributed by atoms with E-state index in [1.54, 1.807) is 6.20 Å². The average Bonchev–Trinajstić information content (AvgIpc) is 2.94. The van der Waals surface area contributed by atoms with Gasteiger partial charge < -0.3 is 4.90 Å². The number of carbonyl (C=O) groups excluding carboxylic acids is 1. The Morgan fingerprint density at radius 1 is 1.24 bits per heavy atom. The van der Waals surface area contributed by atoms with E-state index in [9.17, 15) is 4.79 Å². The number of fused-ring (bicyclic) bond motifs is 3. The van der Waals surface area contributed by atoms with E-state index in [-0.39, 0.29) is 5.92 Å². The maximum atomic E-state index is 13.0. The van der Waals surface area contributed by atoms with Crippen LogP contribution in [0.5, 0.6) is 0 Å². The first-order valence-corrected chi connectivity index (χ1v) is 7.92. The summed E-state index contributed by atoms with van der Waals surface area (Å²) in [5.74, 6) is 0.466. The molecule has 2 bridgehead atoms. The number of hydrogen-bond donors (Lipinski definition) is 0. The predicted octanol–water partition coefficient (Wildman–Crippen LogP) is 2.78. The number of rotatable bonds is 2. The van der Waals surface area contributed by atoms with Gasteiger partial charge in [-0.3, -0.25) is 9.20 Å². The summed E-state index contributed by atoms with van der Waals surface area (Å²) in [5, 5.41) is 0. The number of pyridine rings is 1. The number of imidazole rings is 1. The molecule has 0 N–H and O–H groups in total. The molecular formula is C17H21N3O. The first kappa shape index (κ1) is 13.0. The third-order valence-electron chi connectivity index (χ3n) is 5.39. The van der Waals surface area contributed by atoms with E-state index < -0.39 is 0 Å². The van der Waals surface area contributed by atoms with Gasteiger partial charge in [-0.2, -0.15) is 0 Å². The van der Waals surface area contributed by atoms with Crippen LogP contribution in [0.15, 0.2) is 30.6 Å². The quantitative estimate of drug-likeness (QED) is 0.795. The SMILES string of the molecule is CN1C2CCCC1CC(C(=O)c1cccc3nccn13)C2. The molecule has 21 heavy (non-hydrogen) atoms. The number of nitrogens with zero attached hydrogens (tertiary/aromatic N) is 3. The molecule has 4 heteroatoms. The highest BCUT2D eigenvalue weighted by Gasteiger charge is 2.39. The lowest BCUT2D eigenvalue weighted by atomic mass is 9.76. The second-order valence-corrected chi connectivity index (χ2v) is 6.50. The molecular weight excluding hydrogens is 262 g/mol. The van der Waals surface area contributed by atoms with Gasteiger partial charge in [-0.15, -0.1) is 0 Å². The minimum absolute atomic E-state index is 0.171. The van der Waals surface area contributed by atoms with Crippen molar-refractivity contribution in [1.29, 1.82) is 0 Å². The zero-order valence-corrected chi connectivity index (χ0v) is 12.4. The predicted molar refractivity (Wildman–Crippen MR) is 81.4 cm³/mol. The Hall–Kier alpha value is -1.68. The summed E-state index contributed by atoms with van der Waals surface area (Å²) >= 11 is 0. The first-order chi connectivity index (χ1) is 10.2. The zero-order valence-electron chi connectivity index (χ0n) is 12.4. The van der Waals surface area contributed by atoms with E-state index in [1.807, 2.05) is 28.8 Å². The lowest BCUT2D eigenvalue weighted by Crippen LogP contribution is -2.51. The summed E-state index contributed by atoms with van der Waals surface area (Å²) in [5.41, 5.74) is 1.64. The van der Waals surface area contributed by atoms with Crippen LogP contribution in [0.2, 0.25) is 0 Å². The van der Waals surface area contributed by atoms with Gasteiger partial charge in [0.1, 0.15) is 5.65 Å². The number of carbonyl (C=O) groups is 1. The van der Waals surface area contributed by atoms with Crippen molar-refractivity contribution in [3.05, 3.63) is 36.3 Å². The van der Waals surface area contributed by atoms with Crippen LogP contribution in [0.4, 0.5) is 0 Å². The Morgan fingerprint density at radius 2 is 2.00 bits per heavy atom. The lowest BCUT2D eigenvalue weighted by molar-refractivity contribution is 0.0336. The summed E-state index contributed by atoms with van der Waals surface area (Å²) in [6, 6.07) is 7.00. The highest BCUT2D eigenvalue weighted by atomic mass is 16.1. The van der Waals surface area contributed by atoms with Crippen molar-refractivity contribution in [2.45, 2.75) is 44.2 Å². The molecule has 0 spiro atoms. The fraction of sp³-hybridized carbons (Fsp3) is 0.529. The molecule has 0 aromatic carbocycles. The van der Waals surface area contributed by atoms with Crippen LogP contribution in [0.1, 0.15) is 42.6 Å². The molecule has 2 aliphatic heterocycles. The average molecular weight is 283 g/mol. The van der Waals surface area contributed by atoms with Gasteiger partial charge in [0.2, 0.25) is 0 Å². The normalized spacial score (nSPS) is 29.7. The fourth-order valence-corrected chi connectivity index (χ4v) is 4.19. The molecule has 4 nitrogen and oxygen atoms in total. The van der Waals surface area contributed by atoms with Crippen molar-refractivity contribution < 1.29 is 4.79 Å². The minimum Gasteiger partial charge on any atom is -0.300 e. The molecule has 2 fully saturated rings. The third kappa shape index (κ3) is 2.09. The molecule has 2 atom stereocenters. The Labute approximate surface area is 124 Å². The number of hydrogen-bond acceptors (Lipinski definition) is 3. The summed E-state index contributed by atoms with van der Waals surface area (Å²) in [6.45, 7) is 0. The monoisotopic (exact) mass is 283 g/mol. The zero-order chi connectivity index (χ0) is 14.4. The van der Waals surface area contributed by atoms with Gasteiger partial charge in [0.15, 0.2) is 5.78 Å². The van der Waals surface area contributed by atoms with Crippen LogP contribution in [0, 0.1) is 5.92 Å². The van der Waals surface area contributed by atoms with E-state index in [4.69, 9.17) is 0 Å². The second-order valence-electron chi connectivity index (χ2n) is 6.50. The van der Waals surface area contributed by atoms with Gasteiger partial charge in [-0.1, -0.05) is 12.5 Å². The van der Waals surface area contributed by atoms with Crippen LogP contribution in [0.25, 0.3) is 5.65 Å². The van der Waals surface area contributed by atoms with Crippen molar-refractivity contribution >= 4 is 11.4 Å². The standard InChI is InChI=1S/C17H21N3O/c1-19-13-4-2-5-14(19)11-12(10-13)17(21)15-6-3-7-16-18-8-9-20(15)16/h3,6-9,12-14H,2,4-5,10-11H2,1H3. The van der Waals surface area contributed by atoms with E-state index in [2.05, 4.69) is 16.9 Å². The van der Waals surface area contributed by atoms with Gasteiger partial charge in [0.25, 0.3) is 0 Å². The van der Waals surface area contributed by atoms with Crippen molar-refractivity contribution in [1.82, 2.24) is 14.3 Å². The van der Waals surface area contributed by atoms with E-state index in [0.29, 0.717) is 17.9 Å². The second kappa shape index (κ2) is 4.95. The smallest absolute Gasteiger partial charge is 0.182 e. The van der Waals surface area contributed by atoms with Crippen molar-refractivity contribution in [2.75, 3.05) is 7.05 Å². The van der Waals surface area contributed by atoms with E-state index in [0.717, 1.165) is 24.2 Å². The van der Waals surface area contributed by atoms with Crippen molar-refractivity contribution in [3.8, 4) is 0 Å². The maximum absolute atomic E-state index is 13.0. The molecule has 0 radical (unpaired) electrons. The lowest BCUT2D eigenvalue weighted by Gasteiger charge is -2.46. The molecule has 0 saturated carbocycles. The molecule has 2 aromatic heterocycles. The molecule has 2 aliphatic rings. The summed E-state index contributed by atoms with van der Waals surface area (Å²) < 4.78 is 1.93. The fourth-order valence-electron chi connectivity index (χ4n) is 4.19. The highest BCUT2D eigenvalue weighted by Crippen LogP contribution is 2.37. The van der Waals surface area contributed by atoms with Crippen molar-refractivity contribution in [3.63, 3.8) is 0 Å². The largest absolute Gasteiger partial charge is 0.300 e. The van der Waals surface area contributed by atoms with Crippen LogP contribution in [-0.2, 0) is 0 Å². The third-order valence-corrected chi connectivity index (χ3v) is 5.39.